The Balaban J connectivity index is 2.94. The summed E-state index contributed by atoms with van der Waals surface area (Å²) in [6, 6.07) is 0. The van der Waals surface area contributed by atoms with E-state index >= 15 is 0 Å². The molecule has 0 aliphatic heterocycles. The maximum Gasteiger partial charge on any atom is 0.164 e. The van der Waals surface area contributed by atoms with Gasteiger partial charge in [0.1, 0.15) is 13.3 Å². The van der Waals surface area contributed by atoms with E-state index in [9.17, 15) is 4.79 Å². The zero-order chi connectivity index (χ0) is 4.83. The molecular formula is C3H5NO2. The number of hydrogen-bond acceptors (Lipinski definition) is 3. The molecule has 3 nitrogen and oxygen atoms in total. The lowest BCUT2D eigenvalue weighted by molar-refractivity contribution is -0.102. The molecule has 0 aliphatic rings. The fourth-order valence-electron chi connectivity index (χ4n) is 0.0857. The van der Waals surface area contributed by atoms with E-state index < -0.39 is 0 Å². The number of carbonyl (C=O) groups excluding carboxylic acids is 1. The summed E-state index contributed by atoms with van der Waals surface area (Å²) in [4.78, 5) is 13.5. The number of carbonyl (C=O) groups is 1. The highest BCUT2D eigenvalue weighted by Gasteiger charge is 1.57. The SMILES string of the molecule is CON=CC=O. The molecule has 0 saturated carbocycles. The summed E-state index contributed by atoms with van der Waals surface area (Å²) in [5, 5.41) is 3.10. The van der Waals surface area contributed by atoms with Crippen molar-refractivity contribution in [2.24, 2.45) is 5.16 Å². The number of rotatable bonds is 2. The molecule has 3 heteroatoms. The molecule has 0 rings (SSSR count). The van der Waals surface area contributed by atoms with E-state index in [0.717, 1.165) is 6.21 Å². The van der Waals surface area contributed by atoms with Crippen molar-refractivity contribution in [2.75, 3.05) is 7.11 Å². The lowest BCUT2D eigenvalue weighted by Crippen LogP contribution is -1.72. The lowest BCUT2D eigenvalue weighted by atomic mass is 10.9. The van der Waals surface area contributed by atoms with Gasteiger partial charge in [0.15, 0.2) is 6.29 Å². The first-order valence-electron chi connectivity index (χ1n) is 1.42. The highest BCUT2D eigenvalue weighted by atomic mass is 16.6. The molecule has 0 unspecified atom stereocenters. The molecule has 0 fully saturated rings. The molecule has 34 valence electrons. The molecule has 0 heterocycles. The van der Waals surface area contributed by atoms with Gasteiger partial charge < -0.3 is 4.84 Å². The van der Waals surface area contributed by atoms with Crippen molar-refractivity contribution in [2.45, 2.75) is 0 Å². The molecule has 0 aromatic heterocycles. The minimum atomic E-state index is 0.545. The summed E-state index contributed by atoms with van der Waals surface area (Å²) in [7, 11) is 1.38. The van der Waals surface area contributed by atoms with Crippen LogP contribution in [0.2, 0.25) is 0 Å². The predicted octanol–water partition coefficient (Wildman–Crippen LogP) is -0.182. The van der Waals surface area contributed by atoms with Gasteiger partial charge in [-0.2, -0.15) is 0 Å². The summed E-state index contributed by atoms with van der Waals surface area (Å²) >= 11 is 0. The van der Waals surface area contributed by atoms with Crippen LogP contribution in [0.15, 0.2) is 5.16 Å². The maximum absolute atomic E-state index is 9.33. The Hall–Kier alpha value is -0.860. The Morgan fingerprint density at radius 2 is 2.50 bits per heavy atom. The van der Waals surface area contributed by atoms with Gasteiger partial charge in [-0.1, -0.05) is 5.16 Å². The second kappa shape index (κ2) is 4.14. The Labute approximate surface area is 35.6 Å². The second-order valence-electron chi connectivity index (χ2n) is 0.573. The number of aldehydes is 1. The van der Waals surface area contributed by atoms with Gasteiger partial charge in [-0.05, 0) is 0 Å². The van der Waals surface area contributed by atoms with Crippen LogP contribution in [0, 0.1) is 0 Å². The molecule has 0 bridgehead atoms. The third kappa shape index (κ3) is 3.14. The quantitative estimate of drug-likeness (QED) is 0.266. The van der Waals surface area contributed by atoms with E-state index in [2.05, 4.69) is 9.99 Å². The fourth-order valence-corrected chi connectivity index (χ4v) is 0.0857. The largest absolute Gasteiger partial charge is 0.399 e. The van der Waals surface area contributed by atoms with Crippen molar-refractivity contribution in [1.82, 2.24) is 0 Å². The van der Waals surface area contributed by atoms with Crippen LogP contribution in [0.1, 0.15) is 0 Å². The molecule has 0 radical (unpaired) electrons. The van der Waals surface area contributed by atoms with Crippen molar-refractivity contribution in [3.63, 3.8) is 0 Å². The molecule has 0 saturated heterocycles. The first-order chi connectivity index (χ1) is 2.91. The second-order valence-corrected chi connectivity index (χ2v) is 0.573. The molecule has 6 heavy (non-hydrogen) atoms. The standard InChI is InChI=1S/C3H5NO2/c1-6-4-2-3-5/h2-3H,1H3. The minimum absolute atomic E-state index is 0.545. The molecule has 0 aliphatic carbocycles. The monoisotopic (exact) mass is 87.0 g/mol. The molecule has 0 atom stereocenters. The van der Waals surface area contributed by atoms with E-state index in [1.807, 2.05) is 0 Å². The average Bonchev–Trinajstić information content (AvgIpc) is 1.61. The Kier molecular flexibility index (Phi) is 3.55. The summed E-state index contributed by atoms with van der Waals surface area (Å²) in [5.74, 6) is 0. The van der Waals surface area contributed by atoms with Crippen LogP contribution in [0.5, 0.6) is 0 Å². The zero-order valence-corrected chi connectivity index (χ0v) is 3.42. The van der Waals surface area contributed by atoms with Gasteiger partial charge in [-0.25, -0.2) is 0 Å². The number of nitrogens with zero attached hydrogens (tertiary/aromatic N) is 1. The molecular weight excluding hydrogens is 82.0 g/mol. The smallest absolute Gasteiger partial charge is 0.164 e. The summed E-state index contributed by atoms with van der Waals surface area (Å²) in [6.07, 6.45) is 1.57. The minimum Gasteiger partial charge on any atom is -0.399 e. The van der Waals surface area contributed by atoms with Gasteiger partial charge in [0.05, 0.1) is 0 Å². The highest BCUT2D eigenvalue weighted by Crippen LogP contribution is 1.56. The van der Waals surface area contributed by atoms with Crippen LogP contribution in [-0.4, -0.2) is 19.6 Å². The zero-order valence-electron chi connectivity index (χ0n) is 3.42. The Bertz CT molecular complexity index is 59.8. The Morgan fingerprint density at radius 1 is 1.83 bits per heavy atom. The van der Waals surface area contributed by atoms with Crippen molar-refractivity contribution < 1.29 is 9.63 Å². The van der Waals surface area contributed by atoms with E-state index in [4.69, 9.17) is 0 Å². The fraction of sp³-hybridized carbons (Fsp3) is 0.333. The van der Waals surface area contributed by atoms with Gasteiger partial charge in [-0.15, -0.1) is 0 Å². The summed E-state index contributed by atoms with van der Waals surface area (Å²) in [6.45, 7) is 0. The lowest BCUT2D eigenvalue weighted by Gasteiger charge is -1.74. The van der Waals surface area contributed by atoms with Crippen LogP contribution >= 0.6 is 0 Å². The van der Waals surface area contributed by atoms with Crippen molar-refractivity contribution in [3.05, 3.63) is 0 Å². The van der Waals surface area contributed by atoms with Crippen LogP contribution in [-0.2, 0) is 9.63 Å². The van der Waals surface area contributed by atoms with E-state index in [1.165, 1.54) is 7.11 Å². The van der Waals surface area contributed by atoms with Crippen molar-refractivity contribution in [1.29, 1.82) is 0 Å². The Morgan fingerprint density at radius 3 is 2.67 bits per heavy atom. The van der Waals surface area contributed by atoms with Crippen LogP contribution in [0.4, 0.5) is 0 Å². The van der Waals surface area contributed by atoms with E-state index in [0.29, 0.717) is 6.29 Å². The van der Waals surface area contributed by atoms with Gasteiger partial charge in [0.2, 0.25) is 0 Å². The van der Waals surface area contributed by atoms with Gasteiger partial charge in [-0.3, -0.25) is 4.79 Å². The van der Waals surface area contributed by atoms with Crippen molar-refractivity contribution >= 4 is 12.5 Å². The third-order valence-corrected chi connectivity index (χ3v) is 0.227. The molecule has 0 N–H and O–H groups in total. The van der Waals surface area contributed by atoms with Gasteiger partial charge >= 0.3 is 0 Å². The summed E-state index contributed by atoms with van der Waals surface area (Å²) in [5.41, 5.74) is 0. The topological polar surface area (TPSA) is 38.7 Å². The predicted molar refractivity (Wildman–Crippen MR) is 21.6 cm³/mol. The number of oxime groups is 1. The maximum atomic E-state index is 9.33. The van der Waals surface area contributed by atoms with E-state index in [-0.39, 0.29) is 0 Å². The highest BCUT2D eigenvalue weighted by molar-refractivity contribution is 6.12. The van der Waals surface area contributed by atoms with Crippen molar-refractivity contribution in [3.8, 4) is 0 Å². The normalized spacial score (nSPS) is 8.83. The molecule has 0 spiro atoms. The van der Waals surface area contributed by atoms with E-state index in [1.54, 1.807) is 0 Å². The third-order valence-electron chi connectivity index (χ3n) is 0.227. The van der Waals surface area contributed by atoms with Crippen LogP contribution in [0.3, 0.4) is 0 Å². The number of hydrogen-bond donors (Lipinski definition) is 0. The average molecular weight is 87.1 g/mol. The molecule has 0 amide bonds. The summed E-state index contributed by atoms with van der Waals surface area (Å²) < 4.78 is 0. The van der Waals surface area contributed by atoms with Gasteiger partial charge in [0, 0.05) is 0 Å². The molecule has 0 aromatic carbocycles. The first kappa shape index (κ1) is 5.14. The van der Waals surface area contributed by atoms with Crippen LogP contribution < -0.4 is 0 Å². The first-order valence-corrected chi connectivity index (χ1v) is 1.42. The van der Waals surface area contributed by atoms with Crippen LogP contribution in [0.25, 0.3) is 0 Å². The van der Waals surface area contributed by atoms with Gasteiger partial charge in [0.25, 0.3) is 0 Å². The molecule has 0 aromatic rings.